The van der Waals surface area contributed by atoms with Crippen LogP contribution in [-0.2, 0) is 4.79 Å². The number of anilines is 1. The summed E-state index contributed by atoms with van der Waals surface area (Å²) >= 11 is 1.17. The summed E-state index contributed by atoms with van der Waals surface area (Å²) < 4.78 is 26.7. The van der Waals surface area contributed by atoms with Crippen molar-refractivity contribution in [1.82, 2.24) is 4.98 Å². The Kier molecular flexibility index (Phi) is 4.77. The van der Waals surface area contributed by atoms with Gasteiger partial charge >= 0.3 is 0 Å². The highest BCUT2D eigenvalue weighted by molar-refractivity contribution is 7.14. The molecule has 0 spiro atoms. The minimum absolute atomic E-state index is 0.188. The topological polar surface area (TPSA) is 42.0 Å². The second-order valence-corrected chi connectivity index (χ2v) is 5.75. The Labute approximate surface area is 141 Å². The fourth-order valence-electron chi connectivity index (χ4n) is 2.04. The van der Waals surface area contributed by atoms with Crippen molar-refractivity contribution in [3.05, 3.63) is 77.2 Å². The van der Waals surface area contributed by atoms with E-state index in [1.807, 2.05) is 30.3 Å². The van der Waals surface area contributed by atoms with E-state index in [2.05, 4.69) is 10.3 Å². The van der Waals surface area contributed by atoms with Gasteiger partial charge in [-0.25, -0.2) is 13.8 Å². The van der Waals surface area contributed by atoms with Crippen LogP contribution in [0.1, 0.15) is 5.56 Å². The zero-order chi connectivity index (χ0) is 16.9. The van der Waals surface area contributed by atoms with E-state index in [1.165, 1.54) is 29.5 Å². The average Bonchev–Trinajstić information content (AvgIpc) is 3.02. The molecule has 0 aliphatic heterocycles. The molecule has 0 unspecified atom stereocenters. The van der Waals surface area contributed by atoms with Crippen LogP contribution in [0.4, 0.5) is 13.9 Å². The van der Waals surface area contributed by atoms with Gasteiger partial charge in [0, 0.05) is 23.1 Å². The van der Waals surface area contributed by atoms with Crippen LogP contribution >= 0.6 is 11.3 Å². The molecule has 0 aliphatic rings. The lowest BCUT2D eigenvalue weighted by molar-refractivity contribution is -0.111. The van der Waals surface area contributed by atoms with E-state index < -0.39 is 11.6 Å². The highest BCUT2D eigenvalue weighted by atomic mass is 32.1. The molecule has 0 saturated carbocycles. The molecule has 1 aromatic heterocycles. The first-order chi connectivity index (χ1) is 11.6. The van der Waals surface area contributed by atoms with E-state index in [9.17, 15) is 13.6 Å². The quantitative estimate of drug-likeness (QED) is 0.696. The number of amides is 1. The van der Waals surface area contributed by atoms with E-state index in [4.69, 9.17) is 0 Å². The highest BCUT2D eigenvalue weighted by Gasteiger charge is 2.11. The first-order valence-corrected chi connectivity index (χ1v) is 7.95. The van der Waals surface area contributed by atoms with Crippen LogP contribution in [0.25, 0.3) is 17.3 Å². The van der Waals surface area contributed by atoms with Crippen LogP contribution in [0, 0.1) is 11.6 Å². The standard InChI is InChI=1S/C18H12F2N2OS/c19-13-7-8-14(15(20)10-13)16-11-24-18(21-16)22-17(23)9-6-12-4-2-1-3-5-12/h1-11H,(H,21,22,23)/b9-6+. The molecule has 120 valence electrons. The van der Waals surface area contributed by atoms with E-state index in [-0.39, 0.29) is 11.5 Å². The Balaban J connectivity index is 1.70. The van der Waals surface area contributed by atoms with Gasteiger partial charge in [-0.2, -0.15) is 0 Å². The number of hydrogen-bond acceptors (Lipinski definition) is 3. The third-order valence-corrected chi connectivity index (χ3v) is 3.93. The maximum atomic E-state index is 13.7. The number of hydrogen-bond donors (Lipinski definition) is 1. The number of nitrogens with one attached hydrogen (secondary N) is 1. The molecule has 0 aliphatic carbocycles. The van der Waals surface area contributed by atoms with Crippen LogP contribution in [-0.4, -0.2) is 10.9 Å². The summed E-state index contributed by atoms with van der Waals surface area (Å²) in [5.74, 6) is -1.67. The summed E-state index contributed by atoms with van der Waals surface area (Å²) in [7, 11) is 0. The molecule has 3 rings (SSSR count). The molecule has 3 aromatic rings. The van der Waals surface area contributed by atoms with Gasteiger partial charge in [0.2, 0.25) is 5.91 Å². The molecule has 0 atom stereocenters. The summed E-state index contributed by atoms with van der Waals surface area (Å²) in [5, 5.41) is 4.57. The Morgan fingerprint density at radius 2 is 1.92 bits per heavy atom. The van der Waals surface area contributed by atoms with Crippen molar-refractivity contribution in [2.45, 2.75) is 0 Å². The molecule has 2 aromatic carbocycles. The van der Waals surface area contributed by atoms with E-state index >= 15 is 0 Å². The zero-order valence-electron chi connectivity index (χ0n) is 12.4. The predicted molar refractivity (Wildman–Crippen MR) is 91.6 cm³/mol. The Morgan fingerprint density at radius 3 is 2.67 bits per heavy atom. The minimum Gasteiger partial charge on any atom is -0.298 e. The summed E-state index contributed by atoms with van der Waals surface area (Å²) in [6, 6.07) is 12.7. The van der Waals surface area contributed by atoms with Gasteiger partial charge in [0.25, 0.3) is 0 Å². The molecule has 0 radical (unpaired) electrons. The van der Waals surface area contributed by atoms with Crippen molar-refractivity contribution in [3.8, 4) is 11.3 Å². The van der Waals surface area contributed by atoms with Gasteiger partial charge in [0.05, 0.1) is 5.69 Å². The summed E-state index contributed by atoms with van der Waals surface area (Å²) in [6.07, 6.45) is 3.08. The molecule has 24 heavy (non-hydrogen) atoms. The van der Waals surface area contributed by atoms with Crippen molar-refractivity contribution in [2.75, 3.05) is 5.32 Å². The number of aromatic nitrogens is 1. The number of nitrogens with zero attached hydrogens (tertiary/aromatic N) is 1. The van der Waals surface area contributed by atoms with Crippen molar-refractivity contribution in [3.63, 3.8) is 0 Å². The SMILES string of the molecule is O=C(/C=C/c1ccccc1)Nc1nc(-c2ccc(F)cc2F)cs1. The Hall–Kier alpha value is -2.86. The van der Waals surface area contributed by atoms with Gasteiger partial charge in [0.15, 0.2) is 5.13 Å². The van der Waals surface area contributed by atoms with Gasteiger partial charge in [-0.3, -0.25) is 10.1 Å². The first kappa shape index (κ1) is 16.0. The van der Waals surface area contributed by atoms with Crippen LogP contribution in [0.15, 0.2) is 60.0 Å². The van der Waals surface area contributed by atoms with Crippen LogP contribution in [0.3, 0.4) is 0 Å². The van der Waals surface area contributed by atoms with Gasteiger partial charge in [0.1, 0.15) is 11.6 Å². The summed E-state index contributed by atoms with van der Waals surface area (Å²) in [6.45, 7) is 0. The summed E-state index contributed by atoms with van der Waals surface area (Å²) in [5.41, 5.74) is 1.44. The molecule has 1 heterocycles. The smallest absolute Gasteiger partial charge is 0.250 e. The lowest BCUT2D eigenvalue weighted by Crippen LogP contribution is -2.07. The third-order valence-electron chi connectivity index (χ3n) is 3.17. The number of halogens is 2. The largest absolute Gasteiger partial charge is 0.298 e. The van der Waals surface area contributed by atoms with Crippen LogP contribution in [0.2, 0.25) is 0 Å². The maximum Gasteiger partial charge on any atom is 0.250 e. The predicted octanol–water partition coefficient (Wildman–Crippen LogP) is 4.74. The summed E-state index contributed by atoms with van der Waals surface area (Å²) in [4.78, 5) is 16.0. The molecule has 0 fully saturated rings. The second kappa shape index (κ2) is 7.14. The Bertz CT molecular complexity index is 891. The maximum absolute atomic E-state index is 13.7. The van der Waals surface area contributed by atoms with Gasteiger partial charge in [-0.1, -0.05) is 30.3 Å². The first-order valence-electron chi connectivity index (χ1n) is 7.07. The van der Waals surface area contributed by atoms with Crippen LogP contribution in [0.5, 0.6) is 0 Å². The molecule has 1 amide bonds. The van der Waals surface area contributed by atoms with Crippen molar-refractivity contribution < 1.29 is 13.6 Å². The number of benzene rings is 2. The highest BCUT2D eigenvalue weighted by Crippen LogP contribution is 2.27. The molecule has 0 saturated heterocycles. The van der Waals surface area contributed by atoms with Gasteiger partial charge in [-0.05, 0) is 23.8 Å². The number of rotatable bonds is 4. The molecule has 1 N–H and O–H groups in total. The third kappa shape index (κ3) is 3.91. The number of carbonyl (C=O) groups is 1. The lowest BCUT2D eigenvalue weighted by Gasteiger charge is -1.99. The van der Waals surface area contributed by atoms with Crippen LogP contribution < -0.4 is 5.32 Å². The van der Waals surface area contributed by atoms with E-state index in [0.29, 0.717) is 10.8 Å². The molecule has 6 heteroatoms. The fraction of sp³-hybridized carbons (Fsp3) is 0. The fourth-order valence-corrected chi connectivity index (χ4v) is 2.75. The van der Waals surface area contributed by atoms with Gasteiger partial charge in [-0.15, -0.1) is 11.3 Å². The molecule has 0 bridgehead atoms. The molecule has 3 nitrogen and oxygen atoms in total. The number of carbonyl (C=O) groups excluding carboxylic acids is 1. The number of thiazole rings is 1. The zero-order valence-corrected chi connectivity index (χ0v) is 13.2. The van der Waals surface area contributed by atoms with Crippen molar-refractivity contribution in [1.29, 1.82) is 0 Å². The average molecular weight is 342 g/mol. The van der Waals surface area contributed by atoms with Gasteiger partial charge < -0.3 is 0 Å². The molecular weight excluding hydrogens is 330 g/mol. The van der Waals surface area contributed by atoms with Crippen molar-refractivity contribution >= 4 is 28.5 Å². The monoisotopic (exact) mass is 342 g/mol. The normalized spacial score (nSPS) is 10.9. The minimum atomic E-state index is -0.692. The second-order valence-electron chi connectivity index (χ2n) is 4.90. The van der Waals surface area contributed by atoms with E-state index in [1.54, 1.807) is 11.5 Å². The Morgan fingerprint density at radius 1 is 1.12 bits per heavy atom. The molecular formula is C18H12F2N2OS. The van der Waals surface area contributed by atoms with E-state index in [0.717, 1.165) is 11.6 Å². The lowest BCUT2D eigenvalue weighted by atomic mass is 10.1. The van der Waals surface area contributed by atoms with Crippen molar-refractivity contribution in [2.24, 2.45) is 0 Å².